The van der Waals surface area contributed by atoms with Gasteiger partial charge in [0.05, 0.1) is 0 Å². The summed E-state index contributed by atoms with van der Waals surface area (Å²) in [5.74, 6) is 0.769. The average molecular weight is 448 g/mol. The molecule has 0 atom stereocenters. The van der Waals surface area contributed by atoms with Crippen molar-refractivity contribution in [2.75, 3.05) is 19.6 Å². The Morgan fingerprint density at radius 2 is 1.62 bits per heavy atom. The van der Waals surface area contributed by atoms with Crippen LogP contribution in [0.3, 0.4) is 0 Å². The summed E-state index contributed by atoms with van der Waals surface area (Å²) in [6, 6.07) is 0. The molecule has 9 heteroatoms. The Hall–Kier alpha value is -2.45. The quantitative estimate of drug-likeness (QED) is 0.592. The summed E-state index contributed by atoms with van der Waals surface area (Å²) in [7, 11) is 0. The average Bonchev–Trinajstić information content (AvgIpc) is 2.94. The topological polar surface area (TPSA) is 117 Å². The molecule has 1 aromatic heterocycles. The van der Waals surface area contributed by atoms with Crippen molar-refractivity contribution < 1.29 is 18.9 Å². The number of rotatable bonds is 8. The minimum Gasteiger partial charge on any atom is -0.356 e. The van der Waals surface area contributed by atoms with Gasteiger partial charge in [-0.3, -0.25) is 14.4 Å². The third-order valence-corrected chi connectivity index (χ3v) is 6.45. The first-order valence-corrected chi connectivity index (χ1v) is 12.1. The van der Waals surface area contributed by atoms with Crippen molar-refractivity contribution in [2.24, 2.45) is 0 Å². The number of nitrogens with one attached hydrogen (secondary N) is 2. The van der Waals surface area contributed by atoms with Gasteiger partial charge in [0, 0.05) is 45.8 Å². The summed E-state index contributed by atoms with van der Waals surface area (Å²) in [5, 5.41) is 10.0. The van der Waals surface area contributed by atoms with Gasteiger partial charge >= 0.3 is 0 Å². The lowest BCUT2D eigenvalue weighted by atomic mass is 9.89. The fraction of sp³-hybridized carbons (Fsp3) is 0.783. The van der Waals surface area contributed by atoms with E-state index in [-0.39, 0.29) is 24.1 Å². The second-order valence-electron chi connectivity index (χ2n) is 9.08. The molecule has 1 aromatic rings. The molecule has 178 valence electrons. The minimum absolute atomic E-state index is 0.104. The van der Waals surface area contributed by atoms with Gasteiger partial charge in [-0.15, -0.1) is 0 Å². The van der Waals surface area contributed by atoms with Gasteiger partial charge in [-0.2, -0.15) is 4.98 Å². The first-order chi connectivity index (χ1) is 15.5. The van der Waals surface area contributed by atoms with Crippen molar-refractivity contribution in [1.82, 2.24) is 25.7 Å². The van der Waals surface area contributed by atoms with E-state index in [4.69, 9.17) is 4.52 Å². The Morgan fingerprint density at radius 3 is 2.28 bits per heavy atom. The van der Waals surface area contributed by atoms with Crippen LogP contribution < -0.4 is 10.6 Å². The van der Waals surface area contributed by atoms with Crippen LogP contribution in [0.25, 0.3) is 0 Å². The SMILES string of the molecule is CC(=O)NC1(c2noc(CCC(=O)NCCC(=O)N3CCCCCC3)n2)CCCCCC1. The van der Waals surface area contributed by atoms with Gasteiger partial charge in [0.1, 0.15) is 5.54 Å². The molecule has 1 aliphatic carbocycles. The third kappa shape index (κ3) is 7.03. The molecule has 1 saturated carbocycles. The summed E-state index contributed by atoms with van der Waals surface area (Å²) >= 11 is 0. The Balaban J connectivity index is 1.45. The number of amides is 3. The number of hydrogen-bond acceptors (Lipinski definition) is 6. The van der Waals surface area contributed by atoms with Crippen molar-refractivity contribution in [1.29, 1.82) is 0 Å². The summed E-state index contributed by atoms with van der Waals surface area (Å²) in [5.41, 5.74) is -0.583. The predicted molar refractivity (Wildman–Crippen MR) is 118 cm³/mol. The van der Waals surface area contributed by atoms with Crippen LogP contribution in [0.5, 0.6) is 0 Å². The Morgan fingerprint density at radius 1 is 0.969 bits per heavy atom. The van der Waals surface area contributed by atoms with Gasteiger partial charge in [0.2, 0.25) is 23.6 Å². The van der Waals surface area contributed by atoms with E-state index in [9.17, 15) is 14.4 Å². The maximum atomic E-state index is 12.3. The fourth-order valence-corrected chi connectivity index (χ4v) is 4.72. The monoisotopic (exact) mass is 447 g/mol. The van der Waals surface area contributed by atoms with Crippen LogP contribution in [0.1, 0.15) is 95.7 Å². The van der Waals surface area contributed by atoms with E-state index in [1.807, 2.05) is 4.90 Å². The molecule has 2 aliphatic rings. The molecule has 2 heterocycles. The molecule has 32 heavy (non-hydrogen) atoms. The molecule has 0 radical (unpaired) electrons. The van der Waals surface area contributed by atoms with Crippen LogP contribution in [-0.4, -0.2) is 52.4 Å². The van der Waals surface area contributed by atoms with Crippen molar-refractivity contribution in [2.45, 2.75) is 95.9 Å². The summed E-state index contributed by atoms with van der Waals surface area (Å²) in [6.07, 6.45) is 11.2. The molecule has 0 aromatic carbocycles. The first kappa shape index (κ1) is 24.2. The van der Waals surface area contributed by atoms with Crippen LogP contribution >= 0.6 is 0 Å². The lowest BCUT2D eigenvalue weighted by Crippen LogP contribution is -2.45. The van der Waals surface area contributed by atoms with Crippen molar-refractivity contribution in [3.63, 3.8) is 0 Å². The number of hydrogen-bond donors (Lipinski definition) is 2. The van der Waals surface area contributed by atoms with Gasteiger partial charge in [0.25, 0.3) is 0 Å². The van der Waals surface area contributed by atoms with Crippen LogP contribution in [-0.2, 0) is 26.3 Å². The van der Waals surface area contributed by atoms with Gasteiger partial charge in [0.15, 0.2) is 5.82 Å². The number of likely N-dealkylation sites (tertiary alicyclic amines) is 1. The highest BCUT2D eigenvalue weighted by Gasteiger charge is 2.38. The summed E-state index contributed by atoms with van der Waals surface area (Å²) < 4.78 is 5.40. The largest absolute Gasteiger partial charge is 0.356 e. The predicted octanol–water partition coefficient (Wildman–Crippen LogP) is 2.60. The van der Waals surface area contributed by atoms with Crippen molar-refractivity contribution >= 4 is 17.7 Å². The third-order valence-electron chi connectivity index (χ3n) is 6.45. The Kier molecular flexibility index (Phi) is 9.05. The van der Waals surface area contributed by atoms with Crippen LogP contribution in [0.15, 0.2) is 4.52 Å². The number of nitrogens with zero attached hydrogens (tertiary/aromatic N) is 3. The lowest BCUT2D eigenvalue weighted by molar-refractivity contribution is -0.131. The van der Waals surface area contributed by atoms with Crippen molar-refractivity contribution in [3.05, 3.63) is 11.7 Å². The highest BCUT2D eigenvalue weighted by molar-refractivity contribution is 5.79. The zero-order valence-electron chi connectivity index (χ0n) is 19.3. The van der Waals surface area contributed by atoms with Gasteiger partial charge in [-0.1, -0.05) is 43.7 Å². The maximum Gasteiger partial charge on any atom is 0.227 e. The molecule has 3 rings (SSSR count). The van der Waals surface area contributed by atoms with E-state index < -0.39 is 5.54 Å². The molecule has 0 spiro atoms. The standard InChI is InChI=1S/C23H37N5O4/c1-18(29)26-23(13-6-2-3-7-14-23)22-25-20(32-27-22)11-10-19(30)24-15-12-21(31)28-16-8-4-5-9-17-28/h2-17H2,1H3,(H,24,30)(H,26,29). The number of carbonyl (C=O) groups excluding carboxylic acids is 3. The van der Waals surface area contributed by atoms with E-state index in [0.717, 1.165) is 64.5 Å². The van der Waals surface area contributed by atoms with Gasteiger partial charge in [-0.05, 0) is 25.7 Å². The number of aryl methyl sites for hydroxylation is 1. The molecule has 0 bridgehead atoms. The molecular weight excluding hydrogens is 410 g/mol. The summed E-state index contributed by atoms with van der Waals surface area (Å²) in [6.45, 7) is 3.50. The van der Waals surface area contributed by atoms with Crippen LogP contribution in [0, 0.1) is 0 Å². The lowest BCUT2D eigenvalue weighted by Gasteiger charge is -2.30. The zero-order chi connectivity index (χ0) is 22.8. The van der Waals surface area contributed by atoms with Crippen molar-refractivity contribution in [3.8, 4) is 0 Å². The molecule has 1 aliphatic heterocycles. The van der Waals surface area contributed by atoms with E-state index in [1.165, 1.54) is 19.8 Å². The van der Waals surface area contributed by atoms with E-state index in [2.05, 4.69) is 20.8 Å². The highest BCUT2D eigenvalue weighted by Crippen LogP contribution is 2.34. The number of carbonyl (C=O) groups is 3. The van der Waals surface area contributed by atoms with Crippen LogP contribution in [0.2, 0.25) is 0 Å². The van der Waals surface area contributed by atoms with E-state index in [1.54, 1.807) is 0 Å². The molecule has 9 nitrogen and oxygen atoms in total. The van der Waals surface area contributed by atoms with E-state index in [0.29, 0.717) is 31.1 Å². The minimum atomic E-state index is -0.583. The second-order valence-corrected chi connectivity index (χ2v) is 9.08. The van der Waals surface area contributed by atoms with Gasteiger partial charge < -0.3 is 20.1 Å². The molecule has 1 saturated heterocycles. The first-order valence-electron chi connectivity index (χ1n) is 12.1. The molecule has 0 unspecified atom stereocenters. The highest BCUT2D eigenvalue weighted by atomic mass is 16.5. The molecule has 2 N–H and O–H groups in total. The fourth-order valence-electron chi connectivity index (χ4n) is 4.72. The Bertz CT molecular complexity index is 762. The molecule has 3 amide bonds. The molecular formula is C23H37N5O4. The summed E-state index contributed by atoms with van der Waals surface area (Å²) in [4.78, 5) is 42.8. The van der Waals surface area contributed by atoms with E-state index >= 15 is 0 Å². The number of aromatic nitrogens is 2. The Labute approximate surface area is 190 Å². The van der Waals surface area contributed by atoms with Gasteiger partial charge in [-0.25, -0.2) is 0 Å². The van der Waals surface area contributed by atoms with Crippen LogP contribution in [0.4, 0.5) is 0 Å². The second kappa shape index (κ2) is 12.0. The zero-order valence-corrected chi connectivity index (χ0v) is 19.3. The smallest absolute Gasteiger partial charge is 0.227 e. The maximum absolute atomic E-state index is 12.3. The molecule has 2 fully saturated rings. The normalized spacial score (nSPS) is 19.0.